The zero-order valence-electron chi connectivity index (χ0n) is 19.0. The van der Waals surface area contributed by atoms with Gasteiger partial charge in [0.2, 0.25) is 0 Å². The van der Waals surface area contributed by atoms with E-state index in [1.807, 2.05) is 72.5 Å². The van der Waals surface area contributed by atoms with Gasteiger partial charge in [0.25, 0.3) is 5.56 Å². The predicted octanol–water partition coefficient (Wildman–Crippen LogP) is 4.57. The van der Waals surface area contributed by atoms with Crippen molar-refractivity contribution in [3.05, 3.63) is 111 Å². The highest BCUT2D eigenvalue weighted by atomic mass is 35.5. The summed E-state index contributed by atoms with van der Waals surface area (Å²) in [6, 6.07) is 25.0. The van der Waals surface area contributed by atoms with Gasteiger partial charge in [-0.15, -0.1) is 0 Å². The highest BCUT2D eigenvalue weighted by Gasteiger charge is 2.18. The third-order valence-electron chi connectivity index (χ3n) is 5.67. The van der Waals surface area contributed by atoms with Gasteiger partial charge in [-0.25, -0.2) is 4.98 Å². The van der Waals surface area contributed by atoms with Gasteiger partial charge < -0.3 is 14.8 Å². The number of halogens is 1. The Morgan fingerprint density at radius 1 is 1.03 bits per heavy atom. The van der Waals surface area contributed by atoms with Gasteiger partial charge in [0.1, 0.15) is 11.9 Å². The smallest absolute Gasteiger partial charge is 0.258 e. The first-order valence-corrected chi connectivity index (χ1v) is 11.7. The summed E-state index contributed by atoms with van der Waals surface area (Å²) in [5.74, 6) is 0.529. The summed E-state index contributed by atoms with van der Waals surface area (Å²) in [6.07, 6.45) is -0.980. The number of ether oxygens (including phenoxy) is 1. The first-order chi connectivity index (χ1) is 16.5. The Labute approximate surface area is 203 Å². The first kappa shape index (κ1) is 24.1. The second-order valence-corrected chi connectivity index (χ2v) is 8.63. The summed E-state index contributed by atoms with van der Waals surface area (Å²) in [7, 11) is 0. The lowest BCUT2D eigenvalue weighted by atomic mass is 10.0. The zero-order chi connectivity index (χ0) is 23.9. The van der Waals surface area contributed by atoms with Crippen LogP contribution in [0.5, 0.6) is 0 Å². The molecule has 4 aromatic rings. The highest BCUT2D eigenvalue weighted by molar-refractivity contribution is 6.31. The second kappa shape index (κ2) is 11.4. The standard InChI is InChI=1S/C27H28ClN3O3/c1-2-31(17-25-29-24-15-21(28)13-14-23(24)27(33)30-25)16-22(32)18-34-26(19-9-5-3-6-10-19)20-11-7-4-8-12-20/h3-15,22,26,32H,2,16-18H2,1H3,(H,29,30,33)/t22-/m1/s1. The molecular weight excluding hydrogens is 450 g/mol. The van der Waals surface area contributed by atoms with Crippen LogP contribution in [0.3, 0.4) is 0 Å². The van der Waals surface area contributed by atoms with Gasteiger partial charge >= 0.3 is 0 Å². The maximum atomic E-state index is 12.4. The van der Waals surface area contributed by atoms with Gasteiger partial charge in [0.05, 0.1) is 30.2 Å². The minimum Gasteiger partial charge on any atom is -0.389 e. The van der Waals surface area contributed by atoms with E-state index < -0.39 is 6.10 Å². The number of benzene rings is 3. The maximum Gasteiger partial charge on any atom is 0.258 e. The summed E-state index contributed by atoms with van der Waals surface area (Å²) in [5, 5.41) is 11.8. The van der Waals surface area contributed by atoms with E-state index in [1.165, 1.54) is 0 Å². The Morgan fingerprint density at radius 3 is 2.29 bits per heavy atom. The molecule has 3 aromatic carbocycles. The van der Waals surface area contributed by atoms with E-state index >= 15 is 0 Å². The molecule has 34 heavy (non-hydrogen) atoms. The molecule has 1 aromatic heterocycles. The van der Waals surface area contributed by atoms with Crippen LogP contribution in [0.2, 0.25) is 5.02 Å². The fourth-order valence-corrected chi connectivity index (χ4v) is 4.12. The van der Waals surface area contributed by atoms with Crippen LogP contribution in [0.4, 0.5) is 0 Å². The van der Waals surface area contributed by atoms with Crippen molar-refractivity contribution in [1.82, 2.24) is 14.9 Å². The van der Waals surface area contributed by atoms with Gasteiger partial charge in [-0.3, -0.25) is 9.69 Å². The number of nitrogens with zero attached hydrogens (tertiary/aromatic N) is 2. The van der Waals surface area contributed by atoms with E-state index in [9.17, 15) is 9.90 Å². The van der Waals surface area contributed by atoms with E-state index in [2.05, 4.69) is 9.97 Å². The average molecular weight is 478 g/mol. The van der Waals surface area contributed by atoms with E-state index in [1.54, 1.807) is 18.2 Å². The van der Waals surface area contributed by atoms with Gasteiger partial charge in [0, 0.05) is 11.6 Å². The number of H-pyrrole nitrogens is 1. The molecule has 0 bridgehead atoms. The Morgan fingerprint density at radius 2 is 1.68 bits per heavy atom. The molecule has 0 aliphatic heterocycles. The molecule has 7 heteroatoms. The topological polar surface area (TPSA) is 78.5 Å². The van der Waals surface area contributed by atoms with Crippen LogP contribution < -0.4 is 5.56 Å². The highest BCUT2D eigenvalue weighted by Crippen LogP contribution is 2.26. The predicted molar refractivity (Wildman–Crippen MR) is 135 cm³/mol. The molecule has 0 spiro atoms. The maximum absolute atomic E-state index is 12.4. The SMILES string of the molecule is CCN(Cc1nc2cc(Cl)ccc2c(=O)[nH]1)C[C@@H](O)COC(c1ccccc1)c1ccccc1. The fraction of sp³-hybridized carbons (Fsp3) is 0.259. The Kier molecular flexibility index (Phi) is 8.08. The zero-order valence-corrected chi connectivity index (χ0v) is 19.8. The van der Waals surface area contributed by atoms with Crippen molar-refractivity contribution in [1.29, 1.82) is 0 Å². The molecule has 0 radical (unpaired) electrons. The third-order valence-corrected chi connectivity index (χ3v) is 5.90. The molecule has 0 aliphatic carbocycles. The molecule has 4 rings (SSSR count). The van der Waals surface area contributed by atoms with Gasteiger partial charge in [-0.05, 0) is 35.9 Å². The molecule has 0 fully saturated rings. The normalized spacial score (nSPS) is 12.5. The minimum absolute atomic E-state index is 0.169. The largest absolute Gasteiger partial charge is 0.389 e. The lowest BCUT2D eigenvalue weighted by Gasteiger charge is -2.25. The van der Waals surface area contributed by atoms with Crippen molar-refractivity contribution in [3.63, 3.8) is 0 Å². The number of likely N-dealkylation sites (N-methyl/N-ethyl adjacent to an activating group) is 1. The molecule has 6 nitrogen and oxygen atoms in total. The van der Waals surface area contributed by atoms with E-state index in [0.717, 1.165) is 11.1 Å². The second-order valence-electron chi connectivity index (χ2n) is 8.19. The Bertz CT molecular complexity index is 1230. The van der Waals surface area contributed by atoms with E-state index in [4.69, 9.17) is 16.3 Å². The van der Waals surface area contributed by atoms with Crippen molar-refractivity contribution in [2.45, 2.75) is 25.7 Å². The average Bonchev–Trinajstić information content (AvgIpc) is 2.85. The number of aliphatic hydroxyl groups excluding tert-OH is 1. The minimum atomic E-state index is -0.712. The van der Waals surface area contributed by atoms with Crippen molar-refractivity contribution in [2.75, 3.05) is 19.7 Å². The van der Waals surface area contributed by atoms with Crippen molar-refractivity contribution >= 4 is 22.5 Å². The number of aromatic amines is 1. The van der Waals surface area contributed by atoms with Gasteiger partial charge in [-0.1, -0.05) is 79.2 Å². The van der Waals surface area contributed by atoms with Crippen LogP contribution >= 0.6 is 11.6 Å². The van der Waals surface area contributed by atoms with Gasteiger partial charge in [0.15, 0.2) is 0 Å². The van der Waals surface area contributed by atoms with E-state index in [-0.39, 0.29) is 18.3 Å². The van der Waals surface area contributed by atoms with Crippen LogP contribution in [0.25, 0.3) is 10.9 Å². The van der Waals surface area contributed by atoms with Crippen molar-refractivity contribution in [3.8, 4) is 0 Å². The molecular formula is C27H28ClN3O3. The Balaban J connectivity index is 1.42. The Hall–Kier alpha value is -3.03. The number of rotatable bonds is 10. The molecule has 1 atom stereocenters. The van der Waals surface area contributed by atoms with Crippen molar-refractivity contribution in [2.24, 2.45) is 0 Å². The number of hydrogen-bond acceptors (Lipinski definition) is 5. The molecule has 176 valence electrons. The van der Waals surface area contributed by atoms with Crippen LogP contribution in [0, 0.1) is 0 Å². The van der Waals surface area contributed by atoms with Crippen LogP contribution in [-0.2, 0) is 11.3 Å². The van der Waals surface area contributed by atoms with Gasteiger partial charge in [-0.2, -0.15) is 0 Å². The quantitative estimate of drug-likeness (QED) is 0.350. The van der Waals surface area contributed by atoms with Crippen LogP contribution in [0.1, 0.15) is 30.0 Å². The molecule has 2 N–H and O–H groups in total. The number of fused-ring (bicyclic) bond motifs is 1. The third kappa shape index (κ3) is 6.10. The van der Waals surface area contributed by atoms with Crippen LogP contribution in [0.15, 0.2) is 83.7 Å². The van der Waals surface area contributed by atoms with Crippen molar-refractivity contribution < 1.29 is 9.84 Å². The molecule has 0 amide bonds. The van der Waals surface area contributed by atoms with Crippen LogP contribution in [-0.4, -0.2) is 45.8 Å². The summed E-state index contributed by atoms with van der Waals surface area (Å²) in [4.78, 5) is 21.8. The summed E-state index contributed by atoms with van der Waals surface area (Å²) < 4.78 is 6.20. The summed E-state index contributed by atoms with van der Waals surface area (Å²) >= 11 is 6.06. The monoisotopic (exact) mass is 477 g/mol. The lowest BCUT2D eigenvalue weighted by molar-refractivity contribution is -0.00906. The number of nitrogens with one attached hydrogen (secondary N) is 1. The summed E-state index contributed by atoms with van der Waals surface area (Å²) in [5.41, 5.74) is 2.42. The summed E-state index contributed by atoms with van der Waals surface area (Å²) in [6.45, 7) is 3.62. The first-order valence-electron chi connectivity index (χ1n) is 11.3. The molecule has 0 unspecified atom stereocenters. The molecule has 0 aliphatic rings. The molecule has 1 heterocycles. The molecule has 0 saturated carbocycles. The lowest BCUT2D eigenvalue weighted by Crippen LogP contribution is -2.35. The fourth-order valence-electron chi connectivity index (χ4n) is 3.95. The number of hydrogen-bond donors (Lipinski definition) is 2. The number of aliphatic hydroxyl groups is 1. The van der Waals surface area contributed by atoms with E-state index in [0.29, 0.717) is 41.4 Å². The molecule has 0 saturated heterocycles. The number of aromatic nitrogens is 2.